The quantitative estimate of drug-likeness (QED) is 0.400. The maximum Gasteiger partial charge on any atom is 1.00 e. The number of amides is 1. The number of aryl methyl sites for hydroxylation is 1. The van der Waals surface area contributed by atoms with E-state index in [-0.39, 0.29) is 41.4 Å². The van der Waals surface area contributed by atoms with Crippen LogP contribution in [0.2, 0.25) is 0 Å². The molecule has 0 saturated heterocycles. The first-order valence-electron chi connectivity index (χ1n) is 8.07. The molecule has 3 rings (SSSR count). The average Bonchev–Trinajstić information content (AvgIpc) is 3.13. The summed E-state index contributed by atoms with van der Waals surface area (Å²) >= 11 is 0. The van der Waals surface area contributed by atoms with E-state index in [0.717, 1.165) is 36.1 Å². The van der Waals surface area contributed by atoms with Gasteiger partial charge in [-0.25, -0.2) is 4.98 Å². The molecule has 128 valence electrons. The topological polar surface area (TPSA) is 122 Å². The normalized spacial score (nSPS) is 10.2. The molecule has 0 aliphatic carbocycles. The van der Waals surface area contributed by atoms with Crippen molar-refractivity contribution in [3.05, 3.63) is 47.7 Å². The molecule has 0 spiro atoms. The molecule has 0 unspecified atom stereocenters. The van der Waals surface area contributed by atoms with E-state index < -0.39 is 0 Å². The van der Waals surface area contributed by atoms with Gasteiger partial charge in [0, 0.05) is 11.3 Å². The molecule has 2 heterocycles. The zero-order chi connectivity index (χ0) is 17.6. The van der Waals surface area contributed by atoms with Gasteiger partial charge in [-0.2, -0.15) is 5.21 Å². The second kappa shape index (κ2) is 9.42. The van der Waals surface area contributed by atoms with Gasteiger partial charge < -0.3 is 5.73 Å². The van der Waals surface area contributed by atoms with Crippen molar-refractivity contribution in [1.29, 1.82) is 0 Å². The van der Waals surface area contributed by atoms with Gasteiger partial charge in [-0.05, 0) is 47.9 Å². The van der Waals surface area contributed by atoms with Crippen molar-refractivity contribution in [3.63, 3.8) is 0 Å². The molecule has 0 atom stereocenters. The monoisotopic (exact) mass is 360 g/mol. The first kappa shape index (κ1) is 20.0. The minimum absolute atomic E-state index is 0. The molecule has 1 aromatic carbocycles. The summed E-state index contributed by atoms with van der Waals surface area (Å²) < 4.78 is 0. The number of aromatic amines is 1. The molecule has 4 N–H and O–H groups in total. The Labute approximate surface area is 173 Å². The number of carbonyl (C=O) groups is 1. The van der Waals surface area contributed by atoms with Crippen molar-refractivity contribution in [3.8, 4) is 11.3 Å². The molecule has 0 aliphatic rings. The number of nitrogens with two attached hydrogens (primary N) is 1. The van der Waals surface area contributed by atoms with Crippen molar-refractivity contribution in [2.45, 2.75) is 26.2 Å². The molecule has 26 heavy (non-hydrogen) atoms. The summed E-state index contributed by atoms with van der Waals surface area (Å²) in [7, 11) is 0. The number of tetrazole rings is 1. The number of unbranched alkanes of at least 4 members (excludes halogenated alkanes) is 1. The molecular weight excluding hydrogens is 341 g/mol. The van der Waals surface area contributed by atoms with Gasteiger partial charge in [0.2, 0.25) is 0 Å². The molecule has 0 saturated carbocycles. The molecule has 8 nitrogen and oxygen atoms in total. The Balaban J connectivity index is 0.00000243. The van der Waals surface area contributed by atoms with Crippen molar-refractivity contribution in [2.75, 3.05) is 11.1 Å². The van der Waals surface area contributed by atoms with E-state index in [4.69, 9.17) is 5.73 Å². The Morgan fingerprint density at radius 1 is 1.23 bits per heavy atom. The van der Waals surface area contributed by atoms with Gasteiger partial charge in [0.15, 0.2) is 0 Å². The van der Waals surface area contributed by atoms with Crippen LogP contribution in [-0.2, 0) is 6.42 Å². The van der Waals surface area contributed by atoms with Crippen LogP contribution >= 0.6 is 0 Å². The molecule has 9 heteroatoms. The second-order valence-corrected chi connectivity index (χ2v) is 5.66. The van der Waals surface area contributed by atoms with Gasteiger partial charge >= 0.3 is 29.6 Å². The molecule has 1 amide bonds. The number of hydrogen-bond acceptors (Lipinski definition) is 6. The van der Waals surface area contributed by atoms with Gasteiger partial charge in [-0.15, -0.1) is 5.10 Å². The van der Waals surface area contributed by atoms with E-state index in [2.05, 4.69) is 37.8 Å². The van der Waals surface area contributed by atoms with Gasteiger partial charge in [-0.3, -0.25) is 10.1 Å². The number of carbonyl (C=O) groups excluding carboxylic acids is 1. The molecule has 2 aromatic heterocycles. The summed E-state index contributed by atoms with van der Waals surface area (Å²) in [5.41, 5.74) is 9.43. The predicted molar refractivity (Wildman–Crippen MR) is 94.8 cm³/mol. The third-order valence-corrected chi connectivity index (χ3v) is 3.71. The third-order valence-electron chi connectivity index (χ3n) is 3.71. The Morgan fingerprint density at radius 2 is 2.00 bits per heavy atom. The van der Waals surface area contributed by atoms with Crippen molar-refractivity contribution in [1.82, 2.24) is 25.6 Å². The Kier molecular flexibility index (Phi) is 7.26. The fraction of sp³-hybridized carbons (Fsp3) is 0.235. The largest absolute Gasteiger partial charge is 1.00 e. The molecule has 0 fully saturated rings. The van der Waals surface area contributed by atoms with E-state index in [1.165, 1.54) is 0 Å². The Hall–Kier alpha value is -2.29. The van der Waals surface area contributed by atoms with E-state index >= 15 is 0 Å². The third kappa shape index (κ3) is 5.10. The molecular formula is C17H19N7NaO+. The predicted octanol–water partition coefficient (Wildman–Crippen LogP) is -0.557. The number of benzene rings is 1. The van der Waals surface area contributed by atoms with Crippen molar-refractivity contribution >= 4 is 17.5 Å². The first-order chi connectivity index (χ1) is 12.2. The van der Waals surface area contributed by atoms with Crippen LogP contribution in [0.5, 0.6) is 0 Å². The van der Waals surface area contributed by atoms with E-state index in [9.17, 15) is 4.79 Å². The van der Waals surface area contributed by atoms with Gasteiger partial charge in [0.25, 0.3) is 11.9 Å². The maximum atomic E-state index is 12.5. The van der Waals surface area contributed by atoms with Crippen LogP contribution < -0.4 is 40.6 Å². The number of H-pyrrole nitrogens is 1. The molecule has 0 aliphatic heterocycles. The van der Waals surface area contributed by atoms with Crippen molar-refractivity contribution < 1.29 is 34.4 Å². The van der Waals surface area contributed by atoms with Crippen LogP contribution in [0.3, 0.4) is 0 Å². The fourth-order valence-electron chi connectivity index (χ4n) is 2.41. The van der Waals surface area contributed by atoms with Gasteiger partial charge in [0.05, 0.1) is 5.69 Å². The molecule has 3 aromatic rings. The number of pyridine rings is 1. The van der Waals surface area contributed by atoms with Crippen LogP contribution in [-0.4, -0.2) is 31.5 Å². The Morgan fingerprint density at radius 3 is 2.65 bits per heavy atom. The summed E-state index contributed by atoms with van der Waals surface area (Å²) in [6.07, 6.45) is 2.99. The fourth-order valence-corrected chi connectivity index (χ4v) is 2.41. The van der Waals surface area contributed by atoms with Crippen LogP contribution in [0.1, 0.15) is 35.8 Å². The number of hydrogen-bond donors (Lipinski definition) is 3. The number of aromatic nitrogens is 5. The summed E-state index contributed by atoms with van der Waals surface area (Å²) in [4.78, 5) is 16.9. The molecule has 0 bridgehead atoms. The number of nitrogen functional groups attached to an aromatic ring is 1. The minimum atomic E-state index is -0.378. The zero-order valence-electron chi connectivity index (χ0n) is 14.9. The summed E-state index contributed by atoms with van der Waals surface area (Å²) in [6.45, 7) is 2.13. The van der Waals surface area contributed by atoms with Crippen LogP contribution in [0.4, 0.5) is 11.6 Å². The van der Waals surface area contributed by atoms with Crippen molar-refractivity contribution in [2.24, 2.45) is 0 Å². The zero-order valence-corrected chi connectivity index (χ0v) is 16.9. The van der Waals surface area contributed by atoms with Crippen LogP contribution in [0.15, 0.2) is 36.4 Å². The number of nitrogens with zero attached hydrogens (tertiary/aromatic N) is 4. The van der Waals surface area contributed by atoms with E-state index in [1.54, 1.807) is 6.07 Å². The standard InChI is InChI=1S/C17H19N7O.Na/c1-2-3-4-11-9-14(12-5-7-13(18)8-6-12)19-15(10-11)16(25)20-17-21-23-24-22-17;/h5-10H,2-4,18H2,1H3,(H2,20,21,22,23,24,25);/q;+1. The minimum Gasteiger partial charge on any atom is -0.399 e. The van der Waals surface area contributed by atoms with E-state index in [1.807, 2.05) is 30.3 Å². The SMILES string of the molecule is CCCCc1cc(C(=O)Nc2nn[nH]n2)nc(-c2ccc(N)cc2)c1.[Na+]. The van der Waals surface area contributed by atoms with E-state index in [0.29, 0.717) is 11.4 Å². The number of rotatable bonds is 6. The summed E-state index contributed by atoms with van der Waals surface area (Å²) in [5.74, 6) is -0.267. The second-order valence-electron chi connectivity index (χ2n) is 5.66. The van der Waals surface area contributed by atoms with Gasteiger partial charge in [0.1, 0.15) is 5.69 Å². The number of nitrogens with one attached hydrogen (secondary N) is 2. The Bertz CT molecular complexity index is 850. The molecule has 0 radical (unpaired) electrons. The van der Waals surface area contributed by atoms with Crippen LogP contribution in [0, 0.1) is 0 Å². The first-order valence-corrected chi connectivity index (χ1v) is 8.07. The average molecular weight is 360 g/mol. The van der Waals surface area contributed by atoms with Gasteiger partial charge in [-0.1, -0.05) is 30.6 Å². The summed E-state index contributed by atoms with van der Waals surface area (Å²) in [6, 6.07) is 11.2. The maximum absolute atomic E-state index is 12.5. The number of anilines is 2. The smallest absolute Gasteiger partial charge is 0.399 e. The van der Waals surface area contributed by atoms with Crippen LogP contribution in [0.25, 0.3) is 11.3 Å². The summed E-state index contributed by atoms with van der Waals surface area (Å²) in [5, 5.41) is 15.7.